The maximum atomic E-state index is 11.7. The molecule has 0 bridgehead atoms. The Balaban J connectivity index is 3.73. The summed E-state index contributed by atoms with van der Waals surface area (Å²) in [6, 6.07) is -0.162. The first-order chi connectivity index (χ1) is 6.87. The molecular formula is C10H16F3NO. The third-order valence-electron chi connectivity index (χ3n) is 1.67. The van der Waals surface area contributed by atoms with Crippen molar-refractivity contribution in [3.63, 3.8) is 0 Å². The Morgan fingerprint density at radius 1 is 1.53 bits per heavy atom. The van der Waals surface area contributed by atoms with Gasteiger partial charge in [0.2, 0.25) is 0 Å². The first-order valence-corrected chi connectivity index (χ1v) is 4.59. The molecule has 88 valence electrons. The molecule has 0 fully saturated rings. The predicted molar refractivity (Wildman–Crippen MR) is 53.4 cm³/mol. The van der Waals surface area contributed by atoms with Crippen LogP contribution in [-0.2, 0) is 4.74 Å². The third kappa shape index (κ3) is 8.20. The van der Waals surface area contributed by atoms with E-state index in [0.29, 0.717) is 6.42 Å². The van der Waals surface area contributed by atoms with Gasteiger partial charge in [-0.25, -0.2) is 0 Å². The lowest BCUT2D eigenvalue weighted by molar-refractivity contribution is -0.173. The van der Waals surface area contributed by atoms with Crippen LogP contribution in [0.3, 0.4) is 0 Å². The lowest BCUT2D eigenvalue weighted by Crippen LogP contribution is -2.18. The van der Waals surface area contributed by atoms with Gasteiger partial charge in [-0.2, -0.15) is 13.2 Å². The Kier molecular flexibility index (Phi) is 6.27. The molecule has 5 heteroatoms. The van der Waals surface area contributed by atoms with Gasteiger partial charge in [-0.05, 0) is 18.9 Å². The summed E-state index contributed by atoms with van der Waals surface area (Å²) in [5.41, 5.74) is 6.38. The molecule has 15 heavy (non-hydrogen) atoms. The standard InChI is InChI=1S/C10H16F3NO/c1-3-9(8(2)14)5-4-6-15-7-10(11,12)13/h3,5,8H,1,4,6-7,14H2,2H3. The molecule has 0 aliphatic heterocycles. The average molecular weight is 223 g/mol. The number of rotatable bonds is 6. The van der Waals surface area contributed by atoms with E-state index < -0.39 is 12.8 Å². The summed E-state index contributed by atoms with van der Waals surface area (Å²) in [5, 5.41) is 0. The van der Waals surface area contributed by atoms with Crippen molar-refractivity contribution in [3.05, 3.63) is 24.3 Å². The zero-order valence-electron chi connectivity index (χ0n) is 8.68. The Morgan fingerprint density at radius 2 is 2.13 bits per heavy atom. The summed E-state index contributed by atoms with van der Waals surface area (Å²) < 4.78 is 39.4. The van der Waals surface area contributed by atoms with Crippen molar-refractivity contribution in [2.24, 2.45) is 5.73 Å². The highest BCUT2D eigenvalue weighted by Crippen LogP contribution is 2.14. The van der Waals surface area contributed by atoms with Crippen molar-refractivity contribution >= 4 is 0 Å². The van der Waals surface area contributed by atoms with Crippen molar-refractivity contribution in [2.45, 2.75) is 25.6 Å². The lowest BCUT2D eigenvalue weighted by atomic mass is 10.1. The number of ether oxygens (including phenoxy) is 1. The Hall–Kier alpha value is -0.810. The normalized spacial score (nSPS) is 15.1. The van der Waals surface area contributed by atoms with Crippen molar-refractivity contribution in [2.75, 3.05) is 13.2 Å². The Morgan fingerprint density at radius 3 is 2.53 bits per heavy atom. The molecule has 0 saturated heterocycles. The molecule has 2 nitrogen and oxygen atoms in total. The summed E-state index contributed by atoms with van der Waals surface area (Å²) >= 11 is 0. The lowest BCUT2D eigenvalue weighted by Gasteiger charge is -2.08. The Bertz CT molecular complexity index is 221. The minimum atomic E-state index is -4.26. The minimum absolute atomic E-state index is 0.0313. The highest BCUT2D eigenvalue weighted by Gasteiger charge is 2.26. The molecule has 0 amide bonds. The molecule has 0 aromatic heterocycles. The second-order valence-corrected chi connectivity index (χ2v) is 3.15. The Labute approximate surface area is 87.6 Å². The first kappa shape index (κ1) is 14.2. The first-order valence-electron chi connectivity index (χ1n) is 4.59. The van der Waals surface area contributed by atoms with E-state index in [0.717, 1.165) is 5.57 Å². The van der Waals surface area contributed by atoms with E-state index in [2.05, 4.69) is 11.3 Å². The zero-order chi connectivity index (χ0) is 11.9. The van der Waals surface area contributed by atoms with Crippen LogP contribution in [0.2, 0.25) is 0 Å². The highest BCUT2D eigenvalue weighted by molar-refractivity contribution is 5.21. The second kappa shape index (κ2) is 6.63. The van der Waals surface area contributed by atoms with Gasteiger partial charge in [0.15, 0.2) is 0 Å². The number of hydrogen-bond acceptors (Lipinski definition) is 2. The molecule has 0 radical (unpaired) electrons. The van der Waals surface area contributed by atoms with Crippen LogP contribution in [0.4, 0.5) is 13.2 Å². The van der Waals surface area contributed by atoms with E-state index in [1.165, 1.54) is 0 Å². The molecule has 0 aromatic carbocycles. The summed E-state index contributed by atoms with van der Waals surface area (Å²) in [6.45, 7) is 4.16. The van der Waals surface area contributed by atoms with Crippen LogP contribution in [0, 0.1) is 0 Å². The maximum absolute atomic E-state index is 11.7. The van der Waals surface area contributed by atoms with Crippen molar-refractivity contribution in [1.82, 2.24) is 0 Å². The SMILES string of the molecule is C=CC(=CCCOCC(F)(F)F)C(C)N. The van der Waals surface area contributed by atoms with Gasteiger partial charge in [0.05, 0.1) is 6.61 Å². The molecule has 2 N–H and O–H groups in total. The minimum Gasteiger partial charge on any atom is -0.372 e. The molecule has 0 aliphatic carbocycles. The van der Waals surface area contributed by atoms with E-state index in [-0.39, 0.29) is 12.6 Å². The van der Waals surface area contributed by atoms with Crippen LogP contribution in [0.1, 0.15) is 13.3 Å². The summed E-state index contributed by atoms with van der Waals surface area (Å²) in [7, 11) is 0. The average Bonchev–Trinajstić information content (AvgIpc) is 2.08. The molecular weight excluding hydrogens is 207 g/mol. The number of alkyl halides is 3. The summed E-state index contributed by atoms with van der Waals surface area (Å²) in [4.78, 5) is 0. The van der Waals surface area contributed by atoms with Crippen LogP contribution in [0.15, 0.2) is 24.3 Å². The van der Waals surface area contributed by atoms with Gasteiger partial charge in [0.1, 0.15) is 6.61 Å². The summed E-state index contributed by atoms with van der Waals surface area (Å²) in [5.74, 6) is 0. The van der Waals surface area contributed by atoms with Crippen molar-refractivity contribution < 1.29 is 17.9 Å². The molecule has 0 saturated carbocycles. The van der Waals surface area contributed by atoms with Gasteiger partial charge in [-0.15, -0.1) is 0 Å². The van der Waals surface area contributed by atoms with Crippen LogP contribution in [0.25, 0.3) is 0 Å². The fraction of sp³-hybridized carbons (Fsp3) is 0.600. The fourth-order valence-corrected chi connectivity index (χ4v) is 0.952. The molecule has 0 heterocycles. The smallest absolute Gasteiger partial charge is 0.372 e. The molecule has 1 atom stereocenters. The van der Waals surface area contributed by atoms with Gasteiger partial charge in [0.25, 0.3) is 0 Å². The maximum Gasteiger partial charge on any atom is 0.411 e. The number of nitrogens with two attached hydrogens (primary N) is 1. The van der Waals surface area contributed by atoms with Gasteiger partial charge in [-0.1, -0.05) is 18.7 Å². The van der Waals surface area contributed by atoms with Gasteiger partial charge in [-0.3, -0.25) is 0 Å². The molecule has 0 spiro atoms. The van der Waals surface area contributed by atoms with E-state index >= 15 is 0 Å². The van der Waals surface area contributed by atoms with Crippen LogP contribution in [-0.4, -0.2) is 25.4 Å². The largest absolute Gasteiger partial charge is 0.411 e. The zero-order valence-corrected chi connectivity index (χ0v) is 8.68. The monoisotopic (exact) mass is 223 g/mol. The van der Waals surface area contributed by atoms with Gasteiger partial charge >= 0.3 is 6.18 Å². The number of halogens is 3. The molecule has 1 unspecified atom stereocenters. The van der Waals surface area contributed by atoms with E-state index in [1.807, 2.05) is 0 Å². The third-order valence-corrected chi connectivity index (χ3v) is 1.67. The van der Waals surface area contributed by atoms with Crippen molar-refractivity contribution in [1.29, 1.82) is 0 Å². The second-order valence-electron chi connectivity index (χ2n) is 3.15. The van der Waals surface area contributed by atoms with Crippen LogP contribution >= 0.6 is 0 Å². The van der Waals surface area contributed by atoms with Gasteiger partial charge in [0, 0.05) is 6.04 Å². The van der Waals surface area contributed by atoms with Gasteiger partial charge < -0.3 is 10.5 Å². The fourth-order valence-electron chi connectivity index (χ4n) is 0.952. The van der Waals surface area contributed by atoms with E-state index in [4.69, 9.17) is 5.73 Å². The molecule has 0 aromatic rings. The molecule has 0 aliphatic rings. The highest BCUT2D eigenvalue weighted by atomic mass is 19.4. The van der Waals surface area contributed by atoms with E-state index in [1.54, 1.807) is 19.1 Å². The van der Waals surface area contributed by atoms with E-state index in [9.17, 15) is 13.2 Å². The molecule has 0 rings (SSSR count). The topological polar surface area (TPSA) is 35.2 Å². The quantitative estimate of drug-likeness (QED) is 0.554. The van der Waals surface area contributed by atoms with Crippen LogP contribution in [0.5, 0.6) is 0 Å². The van der Waals surface area contributed by atoms with Crippen LogP contribution < -0.4 is 5.73 Å². The number of hydrogen-bond donors (Lipinski definition) is 1. The van der Waals surface area contributed by atoms with Crippen molar-refractivity contribution in [3.8, 4) is 0 Å². The summed E-state index contributed by atoms with van der Waals surface area (Å²) in [6.07, 6.45) is -0.534. The predicted octanol–water partition coefficient (Wildman–Crippen LogP) is 2.42.